The second-order valence-corrected chi connectivity index (χ2v) is 4.59. The third kappa shape index (κ3) is 3.37. The lowest BCUT2D eigenvalue weighted by molar-refractivity contribution is -0.115. The first kappa shape index (κ1) is 12.7. The summed E-state index contributed by atoms with van der Waals surface area (Å²) in [6, 6.07) is 9.64. The first-order chi connectivity index (χ1) is 8.65. The molecule has 1 amide bonds. The van der Waals surface area contributed by atoms with Crippen LogP contribution >= 0.6 is 15.9 Å². The summed E-state index contributed by atoms with van der Waals surface area (Å²) in [7, 11) is 0. The SMILES string of the molecule is O=C(Cc1ccccc1F)Nc1cc(Br)ccn1. The molecule has 0 bridgehead atoms. The minimum atomic E-state index is -0.380. The fourth-order valence-corrected chi connectivity index (χ4v) is 1.81. The lowest BCUT2D eigenvalue weighted by Gasteiger charge is -2.05. The number of pyridine rings is 1. The molecular weight excluding hydrogens is 299 g/mol. The smallest absolute Gasteiger partial charge is 0.230 e. The van der Waals surface area contributed by atoms with Crippen molar-refractivity contribution in [2.24, 2.45) is 0 Å². The Morgan fingerprint density at radius 1 is 1.33 bits per heavy atom. The molecule has 0 fully saturated rings. The molecule has 0 saturated heterocycles. The van der Waals surface area contributed by atoms with Crippen molar-refractivity contribution >= 4 is 27.7 Å². The molecular formula is C13H10BrFN2O. The van der Waals surface area contributed by atoms with E-state index in [1.165, 1.54) is 6.07 Å². The molecule has 0 aliphatic rings. The second-order valence-electron chi connectivity index (χ2n) is 3.68. The fraction of sp³-hybridized carbons (Fsp3) is 0.0769. The Kier molecular flexibility index (Phi) is 4.04. The zero-order chi connectivity index (χ0) is 13.0. The Morgan fingerprint density at radius 3 is 2.83 bits per heavy atom. The van der Waals surface area contributed by atoms with Crippen molar-refractivity contribution in [3.63, 3.8) is 0 Å². The number of benzene rings is 1. The predicted octanol–water partition coefficient (Wildman–Crippen LogP) is 3.16. The molecule has 5 heteroatoms. The molecule has 0 radical (unpaired) electrons. The molecule has 0 spiro atoms. The van der Waals surface area contributed by atoms with Gasteiger partial charge >= 0.3 is 0 Å². The van der Waals surface area contributed by atoms with Crippen molar-refractivity contribution < 1.29 is 9.18 Å². The molecule has 3 nitrogen and oxygen atoms in total. The van der Waals surface area contributed by atoms with Gasteiger partial charge < -0.3 is 5.32 Å². The lowest BCUT2D eigenvalue weighted by atomic mass is 10.1. The zero-order valence-electron chi connectivity index (χ0n) is 9.36. The van der Waals surface area contributed by atoms with Crippen molar-refractivity contribution in [1.82, 2.24) is 4.98 Å². The summed E-state index contributed by atoms with van der Waals surface area (Å²) in [5.41, 5.74) is 0.366. The molecule has 1 aromatic heterocycles. The van der Waals surface area contributed by atoms with E-state index in [-0.39, 0.29) is 18.1 Å². The van der Waals surface area contributed by atoms with Gasteiger partial charge in [-0.1, -0.05) is 34.1 Å². The monoisotopic (exact) mass is 308 g/mol. The van der Waals surface area contributed by atoms with Crippen LogP contribution in [0.2, 0.25) is 0 Å². The molecule has 18 heavy (non-hydrogen) atoms. The van der Waals surface area contributed by atoms with Crippen LogP contribution < -0.4 is 5.32 Å². The molecule has 0 aliphatic heterocycles. The number of nitrogens with one attached hydrogen (secondary N) is 1. The van der Waals surface area contributed by atoms with E-state index in [0.29, 0.717) is 11.4 Å². The number of carbonyl (C=O) groups excluding carboxylic acids is 1. The van der Waals surface area contributed by atoms with E-state index < -0.39 is 0 Å². The fourth-order valence-electron chi connectivity index (χ4n) is 1.47. The highest BCUT2D eigenvalue weighted by Gasteiger charge is 2.08. The van der Waals surface area contributed by atoms with Crippen LogP contribution in [0.25, 0.3) is 0 Å². The minimum absolute atomic E-state index is 0.0130. The molecule has 1 heterocycles. The molecule has 92 valence electrons. The van der Waals surface area contributed by atoms with E-state index in [2.05, 4.69) is 26.2 Å². The number of amides is 1. The maximum Gasteiger partial charge on any atom is 0.230 e. The summed E-state index contributed by atoms with van der Waals surface area (Å²) in [5, 5.41) is 2.61. The summed E-state index contributed by atoms with van der Waals surface area (Å²) in [4.78, 5) is 15.7. The average molecular weight is 309 g/mol. The molecule has 1 N–H and O–H groups in total. The van der Waals surface area contributed by atoms with Crippen LogP contribution in [0.1, 0.15) is 5.56 Å². The van der Waals surface area contributed by atoms with E-state index in [1.807, 2.05) is 0 Å². The van der Waals surface area contributed by atoms with Gasteiger partial charge in [-0.3, -0.25) is 4.79 Å². The molecule has 0 saturated carbocycles. The highest BCUT2D eigenvalue weighted by atomic mass is 79.9. The van der Waals surface area contributed by atoms with Gasteiger partial charge in [-0.25, -0.2) is 9.37 Å². The van der Waals surface area contributed by atoms with Gasteiger partial charge in [0.05, 0.1) is 6.42 Å². The van der Waals surface area contributed by atoms with E-state index >= 15 is 0 Å². The number of carbonyl (C=O) groups is 1. The summed E-state index contributed by atoms with van der Waals surface area (Å²) >= 11 is 3.28. The quantitative estimate of drug-likeness (QED) is 0.946. The van der Waals surface area contributed by atoms with E-state index in [0.717, 1.165) is 4.47 Å². The Labute approximate surface area is 112 Å². The summed E-state index contributed by atoms with van der Waals surface area (Å²) in [6.07, 6.45) is 1.56. The van der Waals surface area contributed by atoms with Gasteiger partial charge in [-0.05, 0) is 23.8 Å². The first-order valence-electron chi connectivity index (χ1n) is 5.30. The number of anilines is 1. The Bertz CT molecular complexity index is 574. The standard InChI is InChI=1S/C13H10BrFN2O/c14-10-5-6-16-12(8-10)17-13(18)7-9-3-1-2-4-11(9)15/h1-6,8H,7H2,(H,16,17,18). The van der Waals surface area contributed by atoms with Crippen molar-refractivity contribution in [2.75, 3.05) is 5.32 Å². The predicted molar refractivity (Wildman–Crippen MR) is 70.7 cm³/mol. The number of aromatic nitrogens is 1. The van der Waals surface area contributed by atoms with Gasteiger partial charge in [0.25, 0.3) is 0 Å². The first-order valence-corrected chi connectivity index (χ1v) is 6.09. The highest BCUT2D eigenvalue weighted by Crippen LogP contribution is 2.13. The van der Waals surface area contributed by atoms with Gasteiger partial charge in [0, 0.05) is 10.7 Å². The maximum absolute atomic E-state index is 13.3. The van der Waals surface area contributed by atoms with Crippen LogP contribution in [0.3, 0.4) is 0 Å². The molecule has 2 aromatic rings. The molecule has 0 aliphatic carbocycles. The Morgan fingerprint density at radius 2 is 2.11 bits per heavy atom. The lowest BCUT2D eigenvalue weighted by Crippen LogP contribution is -2.15. The average Bonchev–Trinajstić information content (AvgIpc) is 2.32. The summed E-state index contributed by atoms with van der Waals surface area (Å²) in [6.45, 7) is 0. The van der Waals surface area contributed by atoms with Gasteiger partial charge in [-0.2, -0.15) is 0 Å². The third-order valence-electron chi connectivity index (χ3n) is 2.30. The highest BCUT2D eigenvalue weighted by molar-refractivity contribution is 9.10. The van der Waals surface area contributed by atoms with Gasteiger partial charge in [0.15, 0.2) is 0 Å². The number of nitrogens with zero attached hydrogens (tertiary/aromatic N) is 1. The summed E-state index contributed by atoms with van der Waals surface area (Å²) < 4.78 is 14.2. The van der Waals surface area contributed by atoms with Gasteiger partial charge in [-0.15, -0.1) is 0 Å². The molecule has 1 aromatic carbocycles. The minimum Gasteiger partial charge on any atom is -0.310 e. The Balaban J connectivity index is 2.03. The molecule has 0 atom stereocenters. The van der Waals surface area contributed by atoms with E-state index in [4.69, 9.17) is 0 Å². The van der Waals surface area contributed by atoms with Crippen molar-refractivity contribution in [1.29, 1.82) is 0 Å². The van der Waals surface area contributed by atoms with Crippen LogP contribution in [0, 0.1) is 5.82 Å². The van der Waals surface area contributed by atoms with E-state index in [9.17, 15) is 9.18 Å². The number of hydrogen-bond donors (Lipinski definition) is 1. The van der Waals surface area contributed by atoms with Gasteiger partial charge in [0.1, 0.15) is 11.6 Å². The second kappa shape index (κ2) is 5.73. The van der Waals surface area contributed by atoms with Crippen LogP contribution in [-0.2, 0) is 11.2 Å². The number of rotatable bonds is 3. The number of halogens is 2. The topological polar surface area (TPSA) is 42.0 Å². The largest absolute Gasteiger partial charge is 0.310 e. The Hall–Kier alpha value is -1.75. The molecule has 0 unspecified atom stereocenters. The van der Waals surface area contributed by atoms with Crippen LogP contribution in [0.4, 0.5) is 10.2 Å². The third-order valence-corrected chi connectivity index (χ3v) is 2.79. The normalized spacial score (nSPS) is 10.1. The maximum atomic E-state index is 13.3. The van der Waals surface area contributed by atoms with Crippen molar-refractivity contribution in [3.05, 3.63) is 58.4 Å². The van der Waals surface area contributed by atoms with Crippen molar-refractivity contribution in [3.8, 4) is 0 Å². The number of hydrogen-bond acceptors (Lipinski definition) is 2. The van der Waals surface area contributed by atoms with Crippen LogP contribution in [-0.4, -0.2) is 10.9 Å². The molecule has 2 rings (SSSR count). The van der Waals surface area contributed by atoms with E-state index in [1.54, 1.807) is 36.5 Å². The van der Waals surface area contributed by atoms with Crippen molar-refractivity contribution in [2.45, 2.75) is 6.42 Å². The van der Waals surface area contributed by atoms with Crippen LogP contribution in [0.15, 0.2) is 47.1 Å². The van der Waals surface area contributed by atoms with Crippen LogP contribution in [0.5, 0.6) is 0 Å². The van der Waals surface area contributed by atoms with Gasteiger partial charge in [0.2, 0.25) is 5.91 Å². The summed E-state index contributed by atoms with van der Waals surface area (Å²) in [5.74, 6) is -0.244. The zero-order valence-corrected chi connectivity index (χ0v) is 10.9.